The maximum absolute atomic E-state index is 12.7. The second-order valence-corrected chi connectivity index (χ2v) is 8.21. The fourth-order valence-corrected chi connectivity index (χ4v) is 4.49. The molecule has 1 heterocycles. The summed E-state index contributed by atoms with van der Waals surface area (Å²) in [7, 11) is 3.13. The Morgan fingerprint density at radius 3 is 2.55 bits per heavy atom. The van der Waals surface area contributed by atoms with Gasteiger partial charge in [0.2, 0.25) is 5.78 Å². The number of aryl methyl sites for hydroxylation is 2. The summed E-state index contributed by atoms with van der Waals surface area (Å²) in [5.74, 6) is 0.359. The number of thiazole rings is 1. The predicted octanol–water partition coefficient (Wildman–Crippen LogP) is 4.74. The number of ketones is 1. The van der Waals surface area contributed by atoms with Crippen LogP contribution in [0.5, 0.6) is 11.5 Å². The summed E-state index contributed by atoms with van der Waals surface area (Å²) in [5, 5.41) is 2.27. The minimum absolute atomic E-state index is 0.170. The van der Waals surface area contributed by atoms with Crippen molar-refractivity contribution in [3.63, 3.8) is 0 Å². The van der Waals surface area contributed by atoms with Gasteiger partial charge in [-0.25, -0.2) is 9.78 Å². The van der Waals surface area contributed by atoms with E-state index in [4.69, 9.17) is 14.2 Å². The number of benzene rings is 2. The highest BCUT2D eigenvalue weighted by Crippen LogP contribution is 2.33. The molecule has 0 saturated heterocycles. The molecule has 0 amide bonds. The van der Waals surface area contributed by atoms with Crippen molar-refractivity contribution < 1.29 is 23.8 Å². The van der Waals surface area contributed by atoms with Crippen LogP contribution in [0.4, 0.5) is 0 Å². The van der Waals surface area contributed by atoms with Crippen molar-refractivity contribution in [3.8, 4) is 22.1 Å². The average molecular weight is 438 g/mol. The van der Waals surface area contributed by atoms with Gasteiger partial charge in [0.1, 0.15) is 5.01 Å². The van der Waals surface area contributed by atoms with Crippen LogP contribution in [0.2, 0.25) is 0 Å². The minimum Gasteiger partial charge on any atom is -0.493 e. The van der Waals surface area contributed by atoms with Crippen LogP contribution in [0.15, 0.2) is 41.8 Å². The summed E-state index contributed by atoms with van der Waals surface area (Å²) in [5.41, 5.74) is 4.05. The molecule has 3 aromatic rings. The van der Waals surface area contributed by atoms with Crippen LogP contribution in [0, 0.1) is 0 Å². The predicted molar refractivity (Wildman–Crippen MR) is 118 cm³/mol. The van der Waals surface area contributed by atoms with E-state index in [1.807, 2.05) is 24.3 Å². The van der Waals surface area contributed by atoms with Gasteiger partial charge in [-0.05, 0) is 61.6 Å². The molecule has 31 heavy (non-hydrogen) atoms. The van der Waals surface area contributed by atoms with E-state index in [-0.39, 0.29) is 11.5 Å². The van der Waals surface area contributed by atoms with Gasteiger partial charge in [-0.15, -0.1) is 11.3 Å². The van der Waals surface area contributed by atoms with Crippen LogP contribution in [-0.4, -0.2) is 37.1 Å². The zero-order valence-electron chi connectivity index (χ0n) is 17.6. The number of rotatable bonds is 7. The van der Waals surface area contributed by atoms with Gasteiger partial charge in [0.25, 0.3) is 0 Å². The number of nitrogens with zero attached hydrogens (tertiary/aromatic N) is 1. The summed E-state index contributed by atoms with van der Waals surface area (Å²) < 4.78 is 16.0. The highest BCUT2D eigenvalue weighted by Gasteiger charge is 2.23. The number of hydrogen-bond donors (Lipinski definition) is 0. The molecule has 1 unspecified atom stereocenters. The number of Topliss-reactive ketones (excluding diaryl/α,β-unsaturated/α-hetero) is 1. The van der Waals surface area contributed by atoms with Crippen LogP contribution in [-0.2, 0) is 17.6 Å². The molecule has 160 valence electrons. The highest BCUT2D eigenvalue weighted by atomic mass is 32.1. The van der Waals surface area contributed by atoms with E-state index in [0.29, 0.717) is 22.1 Å². The van der Waals surface area contributed by atoms with Crippen molar-refractivity contribution >= 4 is 23.1 Å². The topological polar surface area (TPSA) is 74.7 Å². The monoisotopic (exact) mass is 437 g/mol. The van der Waals surface area contributed by atoms with Gasteiger partial charge in [-0.1, -0.05) is 12.1 Å². The molecule has 0 N–H and O–H groups in total. The maximum atomic E-state index is 12.7. The molecule has 0 radical (unpaired) electrons. The maximum Gasteiger partial charge on any atom is 0.358 e. The van der Waals surface area contributed by atoms with Crippen LogP contribution in [0.25, 0.3) is 10.6 Å². The number of hydrogen-bond acceptors (Lipinski definition) is 7. The molecule has 1 atom stereocenters. The highest BCUT2D eigenvalue weighted by molar-refractivity contribution is 7.13. The lowest BCUT2D eigenvalue weighted by molar-refractivity contribution is 0.0314. The molecule has 7 heteroatoms. The summed E-state index contributed by atoms with van der Waals surface area (Å²) >= 11 is 1.32. The minimum atomic E-state index is -0.891. The van der Waals surface area contributed by atoms with E-state index in [9.17, 15) is 9.59 Å². The Balaban J connectivity index is 1.46. The first-order chi connectivity index (χ1) is 15.0. The molecule has 1 aliphatic carbocycles. The molecule has 6 nitrogen and oxygen atoms in total. The summed E-state index contributed by atoms with van der Waals surface area (Å²) in [6, 6.07) is 11.2. The Morgan fingerprint density at radius 1 is 1.00 bits per heavy atom. The molecule has 0 spiro atoms. The van der Waals surface area contributed by atoms with Crippen molar-refractivity contribution in [1.82, 2.24) is 4.98 Å². The number of carbonyl (C=O) groups is 2. The first-order valence-electron chi connectivity index (χ1n) is 10.0. The summed E-state index contributed by atoms with van der Waals surface area (Å²) in [6.07, 6.45) is 2.27. The van der Waals surface area contributed by atoms with E-state index < -0.39 is 12.1 Å². The lowest BCUT2D eigenvalue weighted by Gasteiger charge is -2.12. The molecule has 1 aromatic heterocycles. The van der Waals surface area contributed by atoms with Crippen molar-refractivity contribution in [2.24, 2.45) is 0 Å². The fraction of sp³-hybridized carbons (Fsp3) is 0.292. The molecule has 4 rings (SSSR count). The Kier molecular flexibility index (Phi) is 6.04. The standard InChI is InChI=1S/C24H23NO5S/c1-14(22(26)17-8-7-15-5-4-6-16(15)11-17)30-24(27)19-13-31-23(25-19)18-9-10-20(28-2)21(12-18)29-3/h7-14H,4-6H2,1-3H3. The number of carbonyl (C=O) groups excluding carboxylic acids is 2. The van der Waals surface area contributed by atoms with E-state index in [2.05, 4.69) is 4.98 Å². The Morgan fingerprint density at radius 2 is 1.77 bits per heavy atom. The molecule has 0 bridgehead atoms. The first-order valence-corrected chi connectivity index (χ1v) is 10.9. The zero-order valence-corrected chi connectivity index (χ0v) is 18.5. The normalized spacial score (nSPS) is 13.4. The van der Waals surface area contributed by atoms with E-state index in [0.717, 1.165) is 24.8 Å². The van der Waals surface area contributed by atoms with Gasteiger partial charge in [0, 0.05) is 16.5 Å². The van der Waals surface area contributed by atoms with Crippen LogP contribution in [0.1, 0.15) is 45.3 Å². The first kappa shape index (κ1) is 21.1. The van der Waals surface area contributed by atoms with E-state index in [1.165, 1.54) is 22.5 Å². The Labute approximate surface area is 184 Å². The van der Waals surface area contributed by atoms with Gasteiger partial charge in [0.05, 0.1) is 14.2 Å². The molecule has 0 aliphatic heterocycles. The van der Waals surface area contributed by atoms with Crippen LogP contribution < -0.4 is 9.47 Å². The smallest absolute Gasteiger partial charge is 0.358 e. The zero-order chi connectivity index (χ0) is 22.0. The van der Waals surface area contributed by atoms with Crippen molar-refractivity contribution in [3.05, 3.63) is 64.2 Å². The lowest BCUT2D eigenvalue weighted by Crippen LogP contribution is -2.24. The number of fused-ring (bicyclic) bond motifs is 1. The number of methoxy groups -OCH3 is 2. The Hall–Kier alpha value is -3.19. The summed E-state index contributed by atoms with van der Waals surface area (Å²) in [4.78, 5) is 29.7. The number of ether oxygens (including phenoxy) is 3. The van der Waals surface area contributed by atoms with E-state index in [1.54, 1.807) is 38.7 Å². The van der Waals surface area contributed by atoms with Crippen LogP contribution >= 0.6 is 11.3 Å². The molecule has 1 aliphatic rings. The third-order valence-corrected chi connectivity index (χ3v) is 6.27. The second-order valence-electron chi connectivity index (χ2n) is 7.36. The molecule has 0 saturated carbocycles. The van der Waals surface area contributed by atoms with Crippen molar-refractivity contribution in [1.29, 1.82) is 0 Å². The van der Waals surface area contributed by atoms with Gasteiger partial charge >= 0.3 is 5.97 Å². The molecule has 0 fully saturated rings. The quantitative estimate of drug-likeness (QED) is 0.392. The van der Waals surface area contributed by atoms with Gasteiger partial charge in [0.15, 0.2) is 23.3 Å². The van der Waals surface area contributed by atoms with E-state index >= 15 is 0 Å². The lowest BCUT2D eigenvalue weighted by atomic mass is 10.0. The molecule has 2 aromatic carbocycles. The Bertz CT molecular complexity index is 1140. The largest absolute Gasteiger partial charge is 0.493 e. The SMILES string of the molecule is COc1ccc(-c2nc(C(=O)OC(C)C(=O)c3ccc4c(c3)CCC4)cs2)cc1OC. The molecular formula is C24H23NO5S. The van der Waals surface area contributed by atoms with Gasteiger partial charge in [-0.2, -0.15) is 0 Å². The summed E-state index contributed by atoms with van der Waals surface area (Å²) in [6.45, 7) is 1.59. The average Bonchev–Trinajstić information content (AvgIpc) is 3.47. The van der Waals surface area contributed by atoms with Crippen LogP contribution in [0.3, 0.4) is 0 Å². The second kappa shape index (κ2) is 8.89. The fourth-order valence-electron chi connectivity index (χ4n) is 3.70. The third-order valence-electron chi connectivity index (χ3n) is 5.38. The van der Waals surface area contributed by atoms with Crippen molar-refractivity contribution in [2.75, 3.05) is 14.2 Å². The van der Waals surface area contributed by atoms with Gasteiger partial charge < -0.3 is 14.2 Å². The van der Waals surface area contributed by atoms with Gasteiger partial charge in [-0.3, -0.25) is 4.79 Å². The number of aromatic nitrogens is 1. The van der Waals surface area contributed by atoms with Crippen molar-refractivity contribution in [2.45, 2.75) is 32.3 Å². The molecular weight excluding hydrogens is 414 g/mol. The number of esters is 1. The third kappa shape index (κ3) is 4.32.